The molecule has 0 bridgehead atoms. The lowest BCUT2D eigenvalue weighted by atomic mass is 9.99. The highest BCUT2D eigenvalue weighted by Gasteiger charge is 2.36. The number of aromatic nitrogens is 2. The molecular formula is C32H40N8O2. The molecule has 4 heterocycles. The summed E-state index contributed by atoms with van der Waals surface area (Å²) in [5, 5.41) is 3.57. The fourth-order valence-electron chi connectivity index (χ4n) is 6.41. The molecule has 1 aromatic heterocycles. The van der Waals surface area contributed by atoms with E-state index in [2.05, 4.69) is 63.8 Å². The van der Waals surface area contributed by atoms with Crippen molar-refractivity contribution in [2.75, 3.05) is 19.6 Å². The minimum atomic E-state index is -0.512. The molecule has 2 aromatic carbocycles. The van der Waals surface area contributed by atoms with Crippen LogP contribution in [0.1, 0.15) is 63.0 Å². The van der Waals surface area contributed by atoms with Crippen molar-refractivity contribution in [2.24, 2.45) is 16.5 Å². The number of nitrogens with two attached hydrogens (primary N) is 2. The van der Waals surface area contributed by atoms with Gasteiger partial charge in [0.25, 0.3) is 0 Å². The Morgan fingerprint density at radius 1 is 0.833 bits per heavy atom. The molecule has 3 aliphatic heterocycles. The zero-order chi connectivity index (χ0) is 29.4. The predicted octanol–water partition coefficient (Wildman–Crippen LogP) is 3.14. The number of likely N-dealkylation sites (tertiary alicyclic amines) is 2. The Bertz CT molecular complexity index is 1460. The number of carbonyl (C=O) groups is 2. The normalized spacial score (nSPS) is 23.5. The monoisotopic (exact) mass is 568 g/mol. The Morgan fingerprint density at radius 2 is 1.38 bits per heavy atom. The van der Waals surface area contributed by atoms with Crippen molar-refractivity contribution in [3.8, 4) is 22.4 Å². The van der Waals surface area contributed by atoms with Gasteiger partial charge in [-0.25, -0.2) is 4.98 Å². The van der Waals surface area contributed by atoms with E-state index in [-0.39, 0.29) is 29.9 Å². The van der Waals surface area contributed by atoms with Gasteiger partial charge in [-0.2, -0.15) is 0 Å². The highest BCUT2D eigenvalue weighted by atomic mass is 16.2. The van der Waals surface area contributed by atoms with Gasteiger partial charge in [0, 0.05) is 13.1 Å². The number of amidine groups is 1. The standard InChI is InChI=1S/C32H40N8O2/c1-19(33)31(41)39-15-3-5-27(39)29-35-17-25(37-29)23-11-7-21(8-12-23)22-9-13-24(14-10-22)26-18-36-30(38-26)28-6-4-16-40(28)32(42)20(2)34/h7-14,17,19-20,26-28H,3-6,15-16,18,33-34H2,1-2H3,(H,35,37)(H,36,38)/t19-,20-,26?,27?,28-/m0/s1. The van der Waals surface area contributed by atoms with Gasteiger partial charge in [0.05, 0.1) is 48.6 Å². The number of aliphatic imine (C=N–C) groups is 1. The SMILES string of the molecule is C[C@H](N)C(=O)N1CCCC1c1ncc(-c2ccc(-c3ccc(C4CN=C([C@@H]5CCCN5C(=O)[C@H](C)N)N4)cc3)cc2)[nH]1. The first-order valence-electron chi connectivity index (χ1n) is 15.0. The Morgan fingerprint density at radius 3 is 2.00 bits per heavy atom. The molecule has 3 aliphatic rings. The molecule has 3 aromatic rings. The van der Waals surface area contributed by atoms with E-state index in [1.807, 2.05) is 16.0 Å². The second-order valence-electron chi connectivity index (χ2n) is 11.8. The molecule has 6 N–H and O–H groups in total. The van der Waals surface area contributed by atoms with Crippen LogP contribution in [-0.2, 0) is 9.59 Å². The lowest BCUT2D eigenvalue weighted by Crippen LogP contribution is -2.49. The van der Waals surface area contributed by atoms with Gasteiger partial charge in [-0.1, -0.05) is 48.5 Å². The molecule has 2 saturated heterocycles. The second kappa shape index (κ2) is 11.7. The highest BCUT2D eigenvalue weighted by molar-refractivity contribution is 5.94. The second-order valence-corrected chi connectivity index (χ2v) is 11.8. The average Bonchev–Trinajstić information content (AvgIpc) is 3.82. The van der Waals surface area contributed by atoms with Crippen molar-refractivity contribution >= 4 is 17.6 Å². The topological polar surface area (TPSA) is 146 Å². The van der Waals surface area contributed by atoms with Crippen LogP contribution in [0.3, 0.4) is 0 Å². The Balaban J connectivity index is 1.09. The van der Waals surface area contributed by atoms with E-state index in [1.54, 1.807) is 13.8 Å². The number of rotatable bonds is 7. The molecule has 2 amide bonds. The van der Waals surface area contributed by atoms with Crippen LogP contribution in [0.5, 0.6) is 0 Å². The summed E-state index contributed by atoms with van der Waals surface area (Å²) >= 11 is 0. The Labute approximate surface area is 246 Å². The third kappa shape index (κ3) is 5.44. The molecule has 220 valence electrons. The van der Waals surface area contributed by atoms with Crippen LogP contribution in [0.15, 0.2) is 59.7 Å². The van der Waals surface area contributed by atoms with E-state index in [9.17, 15) is 9.59 Å². The van der Waals surface area contributed by atoms with Crippen LogP contribution < -0.4 is 16.8 Å². The van der Waals surface area contributed by atoms with Crippen molar-refractivity contribution < 1.29 is 9.59 Å². The molecule has 5 atom stereocenters. The van der Waals surface area contributed by atoms with Gasteiger partial charge in [0.1, 0.15) is 11.7 Å². The lowest BCUT2D eigenvalue weighted by Gasteiger charge is -2.27. The van der Waals surface area contributed by atoms with Gasteiger partial charge >= 0.3 is 0 Å². The number of aromatic amines is 1. The quantitative estimate of drug-likeness (QED) is 0.345. The molecule has 0 radical (unpaired) electrons. The van der Waals surface area contributed by atoms with Gasteiger partial charge in [-0.15, -0.1) is 0 Å². The number of nitrogens with zero attached hydrogens (tertiary/aromatic N) is 4. The van der Waals surface area contributed by atoms with Gasteiger partial charge in [-0.3, -0.25) is 14.6 Å². The summed E-state index contributed by atoms with van der Waals surface area (Å²) in [6.07, 6.45) is 5.56. The fraction of sp³-hybridized carbons (Fsp3) is 0.438. The maximum absolute atomic E-state index is 12.5. The van der Waals surface area contributed by atoms with Crippen molar-refractivity contribution in [1.29, 1.82) is 0 Å². The summed E-state index contributed by atoms with van der Waals surface area (Å²) in [6, 6.07) is 16.0. The van der Waals surface area contributed by atoms with E-state index >= 15 is 0 Å². The summed E-state index contributed by atoms with van der Waals surface area (Å²) < 4.78 is 0. The summed E-state index contributed by atoms with van der Waals surface area (Å²) in [5.41, 5.74) is 17.1. The van der Waals surface area contributed by atoms with Crippen LogP contribution in [0.4, 0.5) is 0 Å². The predicted molar refractivity (Wildman–Crippen MR) is 163 cm³/mol. The third-order valence-corrected chi connectivity index (χ3v) is 8.69. The summed E-state index contributed by atoms with van der Waals surface area (Å²) in [4.78, 5) is 41.6. The summed E-state index contributed by atoms with van der Waals surface area (Å²) in [7, 11) is 0. The van der Waals surface area contributed by atoms with Gasteiger partial charge in [0.2, 0.25) is 11.8 Å². The van der Waals surface area contributed by atoms with E-state index in [1.165, 1.54) is 5.56 Å². The number of amides is 2. The minimum Gasteiger partial charge on any atom is -0.363 e. The van der Waals surface area contributed by atoms with Gasteiger partial charge in [-0.05, 0) is 61.8 Å². The molecule has 42 heavy (non-hydrogen) atoms. The first-order chi connectivity index (χ1) is 20.3. The van der Waals surface area contributed by atoms with E-state index in [4.69, 9.17) is 16.5 Å². The van der Waals surface area contributed by atoms with E-state index < -0.39 is 12.1 Å². The smallest absolute Gasteiger partial charge is 0.239 e. The molecule has 2 unspecified atom stereocenters. The molecule has 0 spiro atoms. The highest BCUT2D eigenvalue weighted by Crippen LogP contribution is 2.33. The molecule has 6 rings (SSSR count). The van der Waals surface area contributed by atoms with Crippen LogP contribution in [0.2, 0.25) is 0 Å². The van der Waals surface area contributed by atoms with Crippen LogP contribution in [-0.4, -0.2) is 75.2 Å². The molecular weight excluding hydrogens is 528 g/mol. The summed E-state index contributed by atoms with van der Waals surface area (Å²) in [5.74, 6) is 1.67. The number of carbonyl (C=O) groups excluding carboxylic acids is 2. The van der Waals surface area contributed by atoms with Crippen molar-refractivity contribution in [1.82, 2.24) is 25.1 Å². The number of nitrogens with one attached hydrogen (secondary N) is 2. The maximum Gasteiger partial charge on any atom is 0.239 e. The average molecular weight is 569 g/mol. The van der Waals surface area contributed by atoms with Crippen LogP contribution >= 0.6 is 0 Å². The number of benzene rings is 2. The molecule has 10 heteroatoms. The number of hydrogen-bond donors (Lipinski definition) is 4. The zero-order valence-electron chi connectivity index (χ0n) is 24.3. The van der Waals surface area contributed by atoms with Crippen molar-refractivity contribution in [2.45, 2.75) is 69.7 Å². The lowest BCUT2D eigenvalue weighted by molar-refractivity contribution is -0.133. The number of H-pyrrole nitrogens is 1. The van der Waals surface area contributed by atoms with E-state index in [0.29, 0.717) is 13.1 Å². The maximum atomic E-state index is 12.5. The fourth-order valence-corrected chi connectivity index (χ4v) is 6.41. The first-order valence-corrected chi connectivity index (χ1v) is 15.0. The van der Waals surface area contributed by atoms with Gasteiger partial charge < -0.3 is 31.6 Å². The van der Waals surface area contributed by atoms with Crippen molar-refractivity contribution in [3.63, 3.8) is 0 Å². The Hall–Kier alpha value is -4.02. The minimum absolute atomic E-state index is 0.00790. The molecule has 10 nitrogen and oxygen atoms in total. The largest absolute Gasteiger partial charge is 0.363 e. The van der Waals surface area contributed by atoms with Crippen LogP contribution in [0, 0.1) is 0 Å². The number of hydrogen-bond acceptors (Lipinski definition) is 7. The molecule has 0 aliphatic carbocycles. The van der Waals surface area contributed by atoms with Crippen LogP contribution in [0.25, 0.3) is 22.4 Å². The van der Waals surface area contributed by atoms with Crippen molar-refractivity contribution in [3.05, 3.63) is 66.1 Å². The molecule has 0 saturated carbocycles. The Kier molecular flexibility index (Phi) is 7.83. The first kappa shape index (κ1) is 28.1. The third-order valence-electron chi connectivity index (χ3n) is 8.69. The molecule has 2 fully saturated rings. The number of imidazole rings is 1. The van der Waals surface area contributed by atoms with Gasteiger partial charge in [0.15, 0.2) is 0 Å². The zero-order valence-corrected chi connectivity index (χ0v) is 24.3. The summed E-state index contributed by atoms with van der Waals surface area (Å²) in [6.45, 7) is 5.58. The van der Waals surface area contributed by atoms with E-state index in [0.717, 1.165) is 66.3 Å².